The molecule has 0 saturated carbocycles. The zero-order valence-electron chi connectivity index (χ0n) is 13.7. The molecule has 0 atom stereocenters. The monoisotopic (exact) mass is 339 g/mol. The summed E-state index contributed by atoms with van der Waals surface area (Å²) in [6.45, 7) is 2.16. The van der Waals surface area contributed by atoms with Crippen LogP contribution >= 0.6 is 11.9 Å². The highest BCUT2D eigenvalue weighted by Crippen LogP contribution is 2.33. The van der Waals surface area contributed by atoms with Gasteiger partial charge in [-0.25, -0.2) is 9.29 Å². The molecule has 2 heterocycles. The van der Waals surface area contributed by atoms with Crippen molar-refractivity contribution in [2.75, 3.05) is 20.2 Å². The highest BCUT2D eigenvalue weighted by atomic mass is 32.2. The molecule has 124 valence electrons. The first-order valence-electron chi connectivity index (χ1n) is 8.33. The summed E-state index contributed by atoms with van der Waals surface area (Å²) in [6, 6.07) is 16.5. The van der Waals surface area contributed by atoms with E-state index in [0.717, 1.165) is 48.5 Å². The second-order valence-electron chi connectivity index (χ2n) is 6.11. The molecular weight excluding hydrogens is 318 g/mol. The average molecular weight is 339 g/mol. The van der Waals surface area contributed by atoms with Crippen LogP contribution in [-0.4, -0.2) is 34.5 Å². The van der Waals surface area contributed by atoms with Gasteiger partial charge in [-0.2, -0.15) is 0 Å². The fraction of sp³-hybridized carbons (Fsp3) is 0.316. The van der Waals surface area contributed by atoms with E-state index < -0.39 is 0 Å². The molecule has 0 spiro atoms. The summed E-state index contributed by atoms with van der Waals surface area (Å²) in [4.78, 5) is 9.52. The Labute approximate surface area is 146 Å². The molecule has 1 aliphatic heterocycles. The van der Waals surface area contributed by atoms with Gasteiger partial charge < -0.3 is 9.72 Å². The molecule has 4 nitrogen and oxygen atoms in total. The van der Waals surface area contributed by atoms with E-state index in [1.165, 1.54) is 4.90 Å². The SMILES string of the molecule is COc1ccc(SN2CCC(c3nc4ccccc4[nH]3)CC2)cc1. The third kappa shape index (κ3) is 3.28. The summed E-state index contributed by atoms with van der Waals surface area (Å²) in [5, 5.41) is 0. The number of H-pyrrole nitrogens is 1. The number of piperidine rings is 1. The molecule has 1 N–H and O–H groups in total. The quantitative estimate of drug-likeness (QED) is 0.713. The molecule has 5 heteroatoms. The molecule has 2 aromatic carbocycles. The number of fused-ring (bicyclic) bond motifs is 1. The van der Waals surface area contributed by atoms with Gasteiger partial charge in [-0.3, -0.25) is 0 Å². The molecule has 1 saturated heterocycles. The number of ether oxygens (including phenoxy) is 1. The number of para-hydroxylation sites is 2. The lowest BCUT2D eigenvalue weighted by Crippen LogP contribution is -2.27. The van der Waals surface area contributed by atoms with Crippen molar-refractivity contribution in [3.63, 3.8) is 0 Å². The fourth-order valence-electron chi connectivity index (χ4n) is 3.17. The van der Waals surface area contributed by atoms with E-state index in [2.05, 4.69) is 39.6 Å². The summed E-state index contributed by atoms with van der Waals surface area (Å²) in [5.41, 5.74) is 2.21. The number of aromatic nitrogens is 2. The largest absolute Gasteiger partial charge is 0.497 e. The Kier molecular flexibility index (Phi) is 4.45. The lowest BCUT2D eigenvalue weighted by molar-refractivity contribution is 0.339. The Balaban J connectivity index is 1.37. The maximum atomic E-state index is 5.21. The normalized spacial score (nSPS) is 16.5. The summed E-state index contributed by atoms with van der Waals surface area (Å²) in [5.74, 6) is 2.58. The van der Waals surface area contributed by atoms with E-state index in [0.29, 0.717) is 5.92 Å². The molecule has 0 aliphatic carbocycles. The van der Waals surface area contributed by atoms with Gasteiger partial charge in [-0.15, -0.1) is 0 Å². The van der Waals surface area contributed by atoms with Crippen molar-refractivity contribution in [1.29, 1.82) is 0 Å². The number of benzene rings is 2. The maximum Gasteiger partial charge on any atom is 0.118 e. The smallest absolute Gasteiger partial charge is 0.118 e. The van der Waals surface area contributed by atoms with Gasteiger partial charge in [0.2, 0.25) is 0 Å². The minimum Gasteiger partial charge on any atom is -0.497 e. The topological polar surface area (TPSA) is 41.1 Å². The Morgan fingerprint density at radius 2 is 1.83 bits per heavy atom. The van der Waals surface area contributed by atoms with Crippen LogP contribution in [0.2, 0.25) is 0 Å². The molecule has 1 aromatic heterocycles. The molecule has 1 aliphatic rings. The van der Waals surface area contributed by atoms with Crippen molar-refractivity contribution in [2.45, 2.75) is 23.7 Å². The minimum atomic E-state index is 0.533. The molecule has 0 unspecified atom stereocenters. The van der Waals surface area contributed by atoms with Crippen LogP contribution in [0.15, 0.2) is 53.4 Å². The number of rotatable bonds is 4. The standard InChI is InChI=1S/C19H21N3OS/c1-23-15-6-8-16(9-7-15)24-22-12-10-14(11-13-22)19-20-17-4-2-3-5-18(17)21-19/h2-9,14H,10-13H2,1H3,(H,20,21). The summed E-state index contributed by atoms with van der Waals surface area (Å²) in [6.07, 6.45) is 2.28. The third-order valence-electron chi connectivity index (χ3n) is 4.54. The Bertz CT molecular complexity index is 774. The van der Waals surface area contributed by atoms with Gasteiger partial charge in [0.15, 0.2) is 0 Å². The van der Waals surface area contributed by atoms with Crippen LogP contribution < -0.4 is 4.74 Å². The fourth-order valence-corrected chi connectivity index (χ4v) is 4.12. The van der Waals surface area contributed by atoms with Gasteiger partial charge in [0.05, 0.1) is 18.1 Å². The van der Waals surface area contributed by atoms with E-state index in [1.807, 2.05) is 30.1 Å². The molecule has 1 fully saturated rings. The minimum absolute atomic E-state index is 0.533. The number of aromatic amines is 1. The van der Waals surface area contributed by atoms with Gasteiger partial charge in [0.1, 0.15) is 11.6 Å². The van der Waals surface area contributed by atoms with Crippen LogP contribution in [0.4, 0.5) is 0 Å². The van der Waals surface area contributed by atoms with Crippen LogP contribution in [0.3, 0.4) is 0 Å². The maximum absolute atomic E-state index is 5.21. The van der Waals surface area contributed by atoms with E-state index in [9.17, 15) is 0 Å². The van der Waals surface area contributed by atoms with Crippen molar-refractivity contribution < 1.29 is 4.74 Å². The number of nitrogens with one attached hydrogen (secondary N) is 1. The van der Waals surface area contributed by atoms with Crippen LogP contribution in [0.1, 0.15) is 24.6 Å². The first-order chi connectivity index (χ1) is 11.8. The lowest BCUT2D eigenvalue weighted by atomic mass is 9.97. The van der Waals surface area contributed by atoms with Crippen LogP contribution in [0.25, 0.3) is 11.0 Å². The van der Waals surface area contributed by atoms with Crippen molar-refractivity contribution >= 4 is 23.0 Å². The second kappa shape index (κ2) is 6.87. The van der Waals surface area contributed by atoms with E-state index in [4.69, 9.17) is 9.72 Å². The zero-order valence-corrected chi connectivity index (χ0v) is 14.6. The molecule has 24 heavy (non-hydrogen) atoms. The molecule has 0 radical (unpaired) electrons. The summed E-state index contributed by atoms with van der Waals surface area (Å²) in [7, 11) is 1.70. The summed E-state index contributed by atoms with van der Waals surface area (Å²) < 4.78 is 7.66. The van der Waals surface area contributed by atoms with Gasteiger partial charge >= 0.3 is 0 Å². The Morgan fingerprint density at radius 3 is 2.54 bits per heavy atom. The summed E-state index contributed by atoms with van der Waals surface area (Å²) >= 11 is 1.83. The predicted molar refractivity (Wildman–Crippen MR) is 98.5 cm³/mol. The van der Waals surface area contributed by atoms with Crippen LogP contribution in [0, 0.1) is 0 Å². The highest BCUT2D eigenvalue weighted by Gasteiger charge is 2.23. The van der Waals surface area contributed by atoms with Gasteiger partial charge in [0, 0.05) is 23.9 Å². The van der Waals surface area contributed by atoms with E-state index in [1.54, 1.807) is 7.11 Å². The molecule has 4 rings (SSSR count). The molecule has 0 bridgehead atoms. The number of hydrogen-bond acceptors (Lipinski definition) is 4. The van der Waals surface area contributed by atoms with Gasteiger partial charge in [-0.1, -0.05) is 12.1 Å². The number of nitrogens with zero attached hydrogens (tertiary/aromatic N) is 2. The van der Waals surface area contributed by atoms with Crippen molar-refractivity contribution in [3.05, 3.63) is 54.4 Å². The highest BCUT2D eigenvalue weighted by molar-refractivity contribution is 7.97. The number of hydrogen-bond donors (Lipinski definition) is 1. The van der Waals surface area contributed by atoms with Crippen LogP contribution in [-0.2, 0) is 0 Å². The van der Waals surface area contributed by atoms with Gasteiger partial charge in [0.25, 0.3) is 0 Å². The Morgan fingerprint density at radius 1 is 1.08 bits per heavy atom. The first-order valence-corrected chi connectivity index (χ1v) is 9.11. The molecular formula is C19H21N3OS. The van der Waals surface area contributed by atoms with Gasteiger partial charge in [-0.05, 0) is 61.2 Å². The number of imidazole rings is 1. The second-order valence-corrected chi connectivity index (χ2v) is 7.28. The number of methoxy groups -OCH3 is 1. The third-order valence-corrected chi connectivity index (χ3v) is 5.65. The molecule has 3 aromatic rings. The lowest BCUT2D eigenvalue weighted by Gasteiger charge is -2.29. The van der Waals surface area contributed by atoms with E-state index in [-0.39, 0.29) is 0 Å². The first kappa shape index (κ1) is 15.5. The Hall–Kier alpha value is -1.98. The van der Waals surface area contributed by atoms with E-state index >= 15 is 0 Å². The zero-order chi connectivity index (χ0) is 16.4. The van der Waals surface area contributed by atoms with Crippen molar-refractivity contribution in [2.24, 2.45) is 0 Å². The van der Waals surface area contributed by atoms with Crippen LogP contribution in [0.5, 0.6) is 5.75 Å². The molecule has 0 amide bonds. The predicted octanol–water partition coefficient (Wildman–Crippen LogP) is 4.46. The van der Waals surface area contributed by atoms with Crippen molar-refractivity contribution in [3.8, 4) is 5.75 Å². The average Bonchev–Trinajstić information content (AvgIpc) is 3.07. The van der Waals surface area contributed by atoms with Crippen molar-refractivity contribution in [1.82, 2.24) is 14.3 Å².